The van der Waals surface area contributed by atoms with E-state index in [1.807, 2.05) is 31.2 Å². The molecule has 0 aliphatic heterocycles. The summed E-state index contributed by atoms with van der Waals surface area (Å²) in [4.78, 5) is 11.9. The van der Waals surface area contributed by atoms with E-state index in [4.69, 9.17) is 5.11 Å². The van der Waals surface area contributed by atoms with E-state index in [0.29, 0.717) is 5.56 Å². The molecule has 0 aliphatic carbocycles. The normalized spacial score (nSPS) is 12.1. The maximum absolute atomic E-state index is 12.3. The van der Waals surface area contributed by atoms with E-state index in [2.05, 4.69) is 0 Å². The van der Waals surface area contributed by atoms with Gasteiger partial charge in [0.05, 0.1) is 22.1 Å². The molecule has 3 nitrogen and oxygen atoms in total. The van der Waals surface area contributed by atoms with Gasteiger partial charge in [0, 0.05) is 4.90 Å². The molecule has 0 saturated carbocycles. The van der Waals surface area contributed by atoms with Crippen LogP contribution in [-0.4, -0.2) is 15.3 Å². The molecular weight excluding hydrogens is 260 g/mol. The molecule has 0 spiro atoms. The minimum absolute atomic E-state index is 0.212. The minimum atomic E-state index is -1.24. The molecule has 2 aromatic carbocycles. The van der Waals surface area contributed by atoms with Crippen LogP contribution < -0.4 is 0 Å². The van der Waals surface area contributed by atoms with Crippen molar-refractivity contribution >= 4 is 16.8 Å². The third-order valence-corrected chi connectivity index (χ3v) is 4.40. The zero-order chi connectivity index (χ0) is 13.8. The molecule has 0 saturated heterocycles. The van der Waals surface area contributed by atoms with Gasteiger partial charge in [0.1, 0.15) is 0 Å². The molecule has 0 aliphatic rings. The summed E-state index contributed by atoms with van der Waals surface area (Å²) in [7, 11) is -1.24. The second-order valence-electron chi connectivity index (χ2n) is 4.22. The van der Waals surface area contributed by atoms with Crippen LogP contribution in [0.25, 0.3) is 0 Å². The summed E-state index contributed by atoms with van der Waals surface area (Å²) < 4.78 is 12.3. The Morgan fingerprint density at radius 3 is 2.42 bits per heavy atom. The molecule has 0 aromatic heterocycles. The van der Waals surface area contributed by atoms with E-state index in [9.17, 15) is 9.00 Å². The summed E-state index contributed by atoms with van der Waals surface area (Å²) >= 11 is 0. The molecule has 2 aromatic rings. The molecule has 0 heterocycles. The highest BCUT2D eigenvalue weighted by molar-refractivity contribution is 7.84. The van der Waals surface area contributed by atoms with Crippen molar-refractivity contribution in [1.82, 2.24) is 0 Å². The third-order valence-electron chi connectivity index (χ3n) is 2.87. The fourth-order valence-electron chi connectivity index (χ4n) is 1.89. The highest BCUT2D eigenvalue weighted by atomic mass is 32.2. The summed E-state index contributed by atoms with van der Waals surface area (Å²) in [6.07, 6.45) is 0. The van der Waals surface area contributed by atoms with Gasteiger partial charge in [-0.1, -0.05) is 36.4 Å². The summed E-state index contributed by atoms with van der Waals surface area (Å²) in [5.41, 5.74) is 1.76. The van der Waals surface area contributed by atoms with Crippen LogP contribution in [0.4, 0.5) is 0 Å². The van der Waals surface area contributed by atoms with Crippen molar-refractivity contribution in [2.45, 2.75) is 17.6 Å². The molecule has 0 fully saturated rings. The van der Waals surface area contributed by atoms with Gasteiger partial charge in [-0.2, -0.15) is 0 Å². The molecule has 1 atom stereocenters. The second-order valence-corrected chi connectivity index (χ2v) is 5.64. The molecule has 0 amide bonds. The van der Waals surface area contributed by atoms with Crippen LogP contribution in [0, 0.1) is 6.92 Å². The fraction of sp³-hybridized carbons (Fsp3) is 0.133. The molecule has 19 heavy (non-hydrogen) atoms. The topological polar surface area (TPSA) is 54.4 Å². The average Bonchev–Trinajstić information content (AvgIpc) is 2.39. The number of carboxylic acids is 1. The molecule has 1 unspecified atom stereocenters. The molecule has 4 heteroatoms. The van der Waals surface area contributed by atoms with Crippen molar-refractivity contribution in [2.24, 2.45) is 0 Å². The van der Waals surface area contributed by atoms with E-state index >= 15 is 0 Å². The highest BCUT2D eigenvalue weighted by Gasteiger charge is 2.13. The Labute approximate surface area is 114 Å². The highest BCUT2D eigenvalue weighted by Crippen LogP contribution is 2.18. The number of aryl methyl sites for hydroxylation is 1. The first-order valence-corrected chi connectivity index (χ1v) is 7.16. The fourth-order valence-corrected chi connectivity index (χ4v) is 3.23. The van der Waals surface area contributed by atoms with Crippen LogP contribution in [0.5, 0.6) is 0 Å². The standard InChI is InChI=1S/C15H14O3S/c1-11-6-2-5-9-14(11)19(18)10-12-7-3-4-8-13(12)15(16)17/h2-9H,10H2,1H3,(H,16,17). The predicted octanol–water partition coefficient (Wildman–Crippen LogP) is 3.00. The van der Waals surface area contributed by atoms with E-state index < -0.39 is 16.8 Å². The Kier molecular flexibility index (Phi) is 4.12. The van der Waals surface area contributed by atoms with Gasteiger partial charge in [-0.15, -0.1) is 0 Å². The Balaban J connectivity index is 2.30. The van der Waals surface area contributed by atoms with Crippen molar-refractivity contribution in [3.05, 3.63) is 65.2 Å². The SMILES string of the molecule is Cc1ccccc1S(=O)Cc1ccccc1C(=O)O. The van der Waals surface area contributed by atoms with Crippen LogP contribution in [0.3, 0.4) is 0 Å². The first kappa shape index (κ1) is 13.5. The molecule has 0 bridgehead atoms. The number of carboxylic acid groups (broad SMARTS) is 1. The van der Waals surface area contributed by atoms with Gasteiger partial charge in [0.2, 0.25) is 0 Å². The Hall–Kier alpha value is -1.94. The number of carbonyl (C=O) groups is 1. The lowest BCUT2D eigenvalue weighted by Gasteiger charge is -2.08. The lowest BCUT2D eigenvalue weighted by atomic mass is 10.1. The molecule has 2 rings (SSSR count). The van der Waals surface area contributed by atoms with Gasteiger partial charge < -0.3 is 5.11 Å². The van der Waals surface area contributed by atoms with Crippen molar-refractivity contribution in [1.29, 1.82) is 0 Å². The number of benzene rings is 2. The van der Waals surface area contributed by atoms with Crippen molar-refractivity contribution < 1.29 is 14.1 Å². The quantitative estimate of drug-likeness (QED) is 0.932. The van der Waals surface area contributed by atoms with Crippen LogP contribution in [0.1, 0.15) is 21.5 Å². The van der Waals surface area contributed by atoms with E-state index in [1.54, 1.807) is 18.2 Å². The summed E-state index contributed by atoms with van der Waals surface area (Å²) in [6.45, 7) is 1.90. The summed E-state index contributed by atoms with van der Waals surface area (Å²) in [6, 6.07) is 14.1. The van der Waals surface area contributed by atoms with Crippen LogP contribution in [0.15, 0.2) is 53.4 Å². The Morgan fingerprint density at radius 2 is 1.74 bits per heavy atom. The zero-order valence-corrected chi connectivity index (χ0v) is 11.3. The van der Waals surface area contributed by atoms with Gasteiger partial charge in [-0.05, 0) is 30.2 Å². The number of hydrogen-bond acceptors (Lipinski definition) is 2. The Bertz CT molecular complexity index is 635. The second kappa shape index (κ2) is 5.80. The maximum Gasteiger partial charge on any atom is 0.335 e. The predicted molar refractivity (Wildman–Crippen MR) is 74.7 cm³/mol. The maximum atomic E-state index is 12.3. The Morgan fingerprint density at radius 1 is 1.11 bits per heavy atom. The van der Waals surface area contributed by atoms with Crippen LogP contribution in [0.2, 0.25) is 0 Å². The number of hydrogen-bond donors (Lipinski definition) is 1. The summed E-state index contributed by atoms with van der Waals surface area (Å²) in [5, 5.41) is 9.10. The van der Waals surface area contributed by atoms with Gasteiger partial charge in [0.25, 0.3) is 0 Å². The largest absolute Gasteiger partial charge is 0.478 e. The lowest BCUT2D eigenvalue weighted by Crippen LogP contribution is -2.05. The van der Waals surface area contributed by atoms with Crippen molar-refractivity contribution in [3.63, 3.8) is 0 Å². The monoisotopic (exact) mass is 274 g/mol. The smallest absolute Gasteiger partial charge is 0.335 e. The van der Waals surface area contributed by atoms with Gasteiger partial charge in [-0.3, -0.25) is 4.21 Å². The molecule has 0 radical (unpaired) electrons. The molecule has 98 valence electrons. The van der Waals surface area contributed by atoms with Gasteiger partial charge in [-0.25, -0.2) is 4.79 Å². The number of rotatable bonds is 4. The van der Waals surface area contributed by atoms with Crippen LogP contribution in [-0.2, 0) is 16.6 Å². The molecule has 1 N–H and O–H groups in total. The van der Waals surface area contributed by atoms with Gasteiger partial charge >= 0.3 is 5.97 Å². The average molecular weight is 274 g/mol. The first-order valence-electron chi connectivity index (χ1n) is 5.85. The molecular formula is C15H14O3S. The zero-order valence-electron chi connectivity index (χ0n) is 10.5. The summed E-state index contributed by atoms with van der Waals surface area (Å²) in [5.74, 6) is -0.773. The van der Waals surface area contributed by atoms with Gasteiger partial charge in [0.15, 0.2) is 0 Å². The van der Waals surface area contributed by atoms with Crippen LogP contribution >= 0.6 is 0 Å². The number of aromatic carboxylic acids is 1. The van der Waals surface area contributed by atoms with E-state index in [1.165, 1.54) is 6.07 Å². The lowest BCUT2D eigenvalue weighted by molar-refractivity contribution is 0.0696. The van der Waals surface area contributed by atoms with E-state index in [-0.39, 0.29) is 11.3 Å². The van der Waals surface area contributed by atoms with Crippen molar-refractivity contribution in [2.75, 3.05) is 0 Å². The van der Waals surface area contributed by atoms with Crippen molar-refractivity contribution in [3.8, 4) is 0 Å². The minimum Gasteiger partial charge on any atom is -0.478 e. The first-order chi connectivity index (χ1) is 9.09. The third kappa shape index (κ3) is 3.09. The van der Waals surface area contributed by atoms with E-state index in [0.717, 1.165) is 10.5 Å².